The van der Waals surface area contributed by atoms with Crippen LogP contribution >= 0.6 is 15.9 Å². The van der Waals surface area contributed by atoms with Gasteiger partial charge in [0.15, 0.2) is 0 Å². The van der Waals surface area contributed by atoms with Gasteiger partial charge in [0.1, 0.15) is 6.04 Å². The van der Waals surface area contributed by atoms with Crippen LogP contribution in [0.15, 0.2) is 28.7 Å². The molecule has 0 aliphatic heterocycles. The first-order valence-electron chi connectivity index (χ1n) is 6.38. The Kier molecular flexibility index (Phi) is 4.27. The average molecular weight is 351 g/mol. The van der Waals surface area contributed by atoms with Crippen molar-refractivity contribution < 1.29 is 14.7 Å². The first kappa shape index (κ1) is 15.4. The van der Waals surface area contributed by atoms with Crippen LogP contribution in [0.4, 0.5) is 0 Å². The molecule has 1 aromatic carbocycles. The number of nitrogens with zero attached hydrogens (tertiary/aromatic N) is 2. The molecule has 0 saturated heterocycles. The highest BCUT2D eigenvalue weighted by atomic mass is 79.9. The standard InChI is InChI=1S/C15H15BrN2O3/c1-8-6-12(14(19)18(3)9(2)15(20)21)11-5-4-10(16)7-13(11)17-8/h4-7,9H,1-3H3,(H,20,21). The van der Waals surface area contributed by atoms with Crippen LogP contribution in [-0.4, -0.2) is 40.0 Å². The molecule has 1 atom stereocenters. The van der Waals surface area contributed by atoms with Crippen LogP contribution < -0.4 is 0 Å². The van der Waals surface area contributed by atoms with Gasteiger partial charge in [0.2, 0.25) is 0 Å². The van der Waals surface area contributed by atoms with Crippen LogP contribution in [0.5, 0.6) is 0 Å². The maximum absolute atomic E-state index is 12.6. The summed E-state index contributed by atoms with van der Waals surface area (Å²) in [5.74, 6) is -1.37. The normalized spacial score (nSPS) is 12.2. The lowest BCUT2D eigenvalue weighted by molar-refractivity contribution is -0.141. The van der Waals surface area contributed by atoms with Crippen LogP contribution in [0.3, 0.4) is 0 Å². The molecule has 110 valence electrons. The molecule has 0 fully saturated rings. The van der Waals surface area contributed by atoms with E-state index in [-0.39, 0.29) is 5.91 Å². The Balaban J connectivity index is 2.55. The van der Waals surface area contributed by atoms with Crippen LogP contribution in [-0.2, 0) is 4.79 Å². The van der Waals surface area contributed by atoms with E-state index in [0.717, 1.165) is 4.47 Å². The van der Waals surface area contributed by atoms with Crippen molar-refractivity contribution in [2.75, 3.05) is 7.05 Å². The molecule has 0 aliphatic carbocycles. The molecule has 0 spiro atoms. The highest BCUT2D eigenvalue weighted by Crippen LogP contribution is 2.23. The number of aromatic nitrogens is 1. The van der Waals surface area contributed by atoms with Crippen LogP contribution in [0.2, 0.25) is 0 Å². The summed E-state index contributed by atoms with van der Waals surface area (Å²) in [5, 5.41) is 9.75. The van der Waals surface area contributed by atoms with E-state index in [1.807, 2.05) is 12.1 Å². The second kappa shape index (κ2) is 5.81. The van der Waals surface area contributed by atoms with Gasteiger partial charge in [-0.15, -0.1) is 0 Å². The number of hydrogen-bond donors (Lipinski definition) is 1. The third kappa shape index (κ3) is 3.05. The number of fused-ring (bicyclic) bond motifs is 1. The van der Waals surface area contributed by atoms with Gasteiger partial charge in [-0.25, -0.2) is 4.79 Å². The molecule has 0 saturated carbocycles. The van der Waals surface area contributed by atoms with Crippen molar-refractivity contribution in [3.8, 4) is 0 Å². The third-order valence-corrected chi connectivity index (χ3v) is 3.88. The van der Waals surface area contributed by atoms with E-state index >= 15 is 0 Å². The topological polar surface area (TPSA) is 70.5 Å². The lowest BCUT2D eigenvalue weighted by Crippen LogP contribution is -2.40. The number of aryl methyl sites for hydroxylation is 1. The molecule has 0 aliphatic rings. The lowest BCUT2D eigenvalue weighted by Gasteiger charge is -2.22. The number of rotatable bonds is 3. The SMILES string of the molecule is Cc1cc(C(=O)N(C)C(C)C(=O)O)c2ccc(Br)cc2n1. The van der Waals surface area contributed by atoms with E-state index in [0.29, 0.717) is 22.2 Å². The number of halogens is 1. The van der Waals surface area contributed by atoms with Gasteiger partial charge in [-0.1, -0.05) is 22.0 Å². The van der Waals surface area contributed by atoms with Crippen molar-refractivity contribution >= 4 is 38.7 Å². The first-order valence-corrected chi connectivity index (χ1v) is 7.17. The predicted octanol–water partition coefficient (Wildman–Crippen LogP) is 2.85. The number of pyridine rings is 1. The Morgan fingerprint density at radius 3 is 2.62 bits per heavy atom. The minimum atomic E-state index is -1.04. The third-order valence-electron chi connectivity index (χ3n) is 3.39. The van der Waals surface area contributed by atoms with Crippen molar-refractivity contribution in [1.29, 1.82) is 0 Å². The van der Waals surface area contributed by atoms with Crippen molar-refractivity contribution in [2.24, 2.45) is 0 Å². The summed E-state index contributed by atoms with van der Waals surface area (Å²) in [5.41, 5.74) is 1.87. The fourth-order valence-corrected chi connectivity index (χ4v) is 2.39. The van der Waals surface area contributed by atoms with Crippen LogP contribution in [0.1, 0.15) is 23.0 Å². The molecule has 1 unspecified atom stereocenters. The Labute approximate surface area is 130 Å². The van der Waals surface area contributed by atoms with Crippen molar-refractivity contribution in [3.63, 3.8) is 0 Å². The molecule has 21 heavy (non-hydrogen) atoms. The Hall–Kier alpha value is -1.95. The summed E-state index contributed by atoms with van der Waals surface area (Å²) in [4.78, 5) is 29.2. The van der Waals surface area contributed by atoms with Gasteiger partial charge in [0.25, 0.3) is 5.91 Å². The molecule has 0 radical (unpaired) electrons. The lowest BCUT2D eigenvalue weighted by atomic mass is 10.1. The number of likely N-dealkylation sites (N-methyl/N-ethyl adjacent to an activating group) is 1. The van der Waals surface area contributed by atoms with Gasteiger partial charge in [-0.3, -0.25) is 9.78 Å². The molecule has 1 aromatic heterocycles. The molecule has 1 N–H and O–H groups in total. The first-order chi connectivity index (χ1) is 9.81. The van der Waals surface area contributed by atoms with Gasteiger partial charge in [-0.2, -0.15) is 0 Å². The van der Waals surface area contributed by atoms with E-state index < -0.39 is 12.0 Å². The summed E-state index contributed by atoms with van der Waals surface area (Å²) in [6, 6.07) is 6.26. The smallest absolute Gasteiger partial charge is 0.326 e. The average Bonchev–Trinajstić information content (AvgIpc) is 2.43. The van der Waals surface area contributed by atoms with E-state index in [1.54, 1.807) is 19.1 Å². The van der Waals surface area contributed by atoms with E-state index in [9.17, 15) is 9.59 Å². The predicted molar refractivity (Wildman–Crippen MR) is 83.4 cm³/mol. The number of carbonyl (C=O) groups is 2. The number of carboxylic acids is 1. The van der Waals surface area contributed by atoms with Crippen molar-refractivity contribution in [3.05, 3.63) is 40.0 Å². The van der Waals surface area contributed by atoms with Crippen molar-refractivity contribution in [1.82, 2.24) is 9.88 Å². The van der Waals surface area contributed by atoms with Crippen LogP contribution in [0.25, 0.3) is 10.9 Å². The summed E-state index contributed by atoms with van der Waals surface area (Å²) < 4.78 is 0.874. The fraction of sp³-hybridized carbons (Fsp3) is 0.267. The summed E-state index contributed by atoms with van der Waals surface area (Å²) in [7, 11) is 1.49. The maximum atomic E-state index is 12.6. The minimum absolute atomic E-state index is 0.331. The van der Waals surface area contributed by atoms with Gasteiger partial charge < -0.3 is 10.0 Å². The number of carboxylic acid groups (broad SMARTS) is 1. The van der Waals surface area contributed by atoms with Gasteiger partial charge in [-0.05, 0) is 32.0 Å². The molecule has 1 heterocycles. The number of carbonyl (C=O) groups excluding carboxylic acids is 1. The summed E-state index contributed by atoms with van der Waals surface area (Å²) in [6.45, 7) is 3.28. The Bertz CT molecular complexity index is 725. The van der Waals surface area contributed by atoms with E-state index in [1.165, 1.54) is 18.9 Å². The van der Waals surface area contributed by atoms with Crippen LogP contribution in [0, 0.1) is 6.92 Å². The molecule has 0 bridgehead atoms. The monoisotopic (exact) mass is 350 g/mol. The minimum Gasteiger partial charge on any atom is -0.480 e. The zero-order chi connectivity index (χ0) is 15.7. The summed E-state index contributed by atoms with van der Waals surface area (Å²) >= 11 is 3.38. The van der Waals surface area contributed by atoms with E-state index in [4.69, 9.17) is 5.11 Å². The largest absolute Gasteiger partial charge is 0.480 e. The molecule has 2 aromatic rings. The molecule has 5 nitrogen and oxygen atoms in total. The molecular weight excluding hydrogens is 336 g/mol. The maximum Gasteiger partial charge on any atom is 0.326 e. The van der Waals surface area contributed by atoms with Gasteiger partial charge in [0.05, 0.1) is 11.1 Å². The van der Waals surface area contributed by atoms with E-state index in [2.05, 4.69) is 20.9 Å². The second-order valence-electron chi connectivity index (χ2n) is 4.90. The Morgan fingerprint density at radius 2 is 2.00 bits per heavy atom. The number of aliphatic carboxylic acids is 1. The highest BCUT2D eigenvalue weighted by molar-refractivity contribution is 9.10. The fourth-order valence-electron chi connectivity index (χ4n) is 2.04. The second-order valence-corrected chi connectivity index (χ2v) is 5.82. The number of benzene rings is 1. The molecule has 2 rings (SSSR count). The zero-order valence-electron chi connectivity index (χ0n) is 11.9. The summed E-state index contributed by atoms with van der Waals surface area (Å²) in [6.07, 6.45) is 0. The Morgan fingerprint density at radius 1 is 1.33 bits per heavy atom. The number of amides is 1. The quantitative estimate of drug-likeness (QED) is 0.923. The molecular formula is C15H15BrN2O3. The van der Waals surface area contributed by atoms with Gasteiger partial charge in [0, 0.05) is 22.6 Å². The highest BCUT2D eigenvalue weighted by Gasteiger charge is 2.24. The molecule has 6 heteroatoms. The number of hydrogen-bond acceptors (Lipinski definition) is 3. The van der Waals surface area contributed by atoms with Gasteiger partial charge >= 0.3 is 5.97 Å². The molecule has 1 amide bonds. The van der Waals surface area contributed by atoms with Crippen molar-refractivity contribution in [2.45, 2.75) is 19.9 Å². The zero-order valence-corrected chi connectivity index (χ0v) is 13.5.